The molecule has 1 amide bonds. The molecule has 1 unspecified atom stereocenters. The van der Waals surface area contributed by atoms with Crippen molar-refractivity contribution in [3.05, 3.63) is 60.6 Å². The van der Waals surface area contributed by atoms with Gasteiger partial charge in [-0.15, -0.1) is 5.10 Å². The van der Waals surface area contributed by atoms with E-state index < -0.39 is 0 Å². The van der Waals surface area contributed by atoms with E-state index in [0.717, 1.165) is 24.2 Å². The van der Waals surface area contributed by atoms with Crippen molar-refractivity contribution in [2.24, 2.45) is 0 Å². The van der Waals surface area contributed by atoms with Gasteiger partial charge in [-0.3, -0.25) is 4.79 Å². The highest BCUT2D eigenvalue weighted by Crippen LogP contribution is 2.37. The highest BCUT2D eigenvalue weighted by molar-refractivity contribution is 8.00. The Labute approximate surface area is 182 Å². The average Bonchev–Trinajstić information content (AvgIpc) is 3.36. The quantitative estimate of drug-likeness (QED) is 0.424. The lowest BCUT2D eigenvalue weighted by Crippen LogP contribution is -2.23. The van der Waals surface area contributed by atoms with Gasteiger partial charge in [0.15, 0.2) is 0 Å². The Bertz CT molecular complexity index is 1180. The topological polar surface area (TPSA) is 99.2 Å². The zero-order valence-corrected chi connectivity index (χ0v) is 17.7. The molecular formula is C21H21N7O2S. The lowest BCUT2D eigenvalue weighted by atomic mass is 10.3. The van der Waals surface area contributed by atoms with Crippen molar-refractivity contribution < 1.29 is 9.53 Å². The van der Waals surface area contributed by atoms with Crippen LogP contribution in [0.1, 0.15) is 31.5 Å². The molecule has 1 saturated carbocycles. The van der Waals surface area contributed by atoms with Gasteiger partial charge >= 0.3 is 0 Å². The monoisotopic (exact) mass is 435 g/mol. The summed E-state index contributed by atoms with van der Waals surface area (Å²) in [5.41, 5.74) is 2.38. The lowest BCUT2D eigenvalue weighted by molar-refractivity contribution is -0.115. The van der Waals surface area contributed by atoms with Crippen LogP contribution in [0, 0.1) is 0 Å². The molecule has 0 saturated heterocycles. The smallest absolute Gasteiger partial charge is 0.237 e. The zero-order valence-electron chi connectivity index (χ0n) is 16.9. The van der Waals surface area contributed by atoms with E-state index in [9.17, 15) is 4.79 Å². The summed E-state index contributed by atoms with van der Waals surface area (Å²) in [6, 6.07) is 13.6. The summed E-state index contributed by atoms with van der Waals surface area (Å²) in [4.78, 5) is 17.2. The molecule has 1 N–H and O–H groups in total. The van der Waals surface area contributed by atoms with E-state index in [1.807, 2.05) is 64.8 Å². The van der Waals surface area contributed by atoms with E-state index in [1.54, 1.807) is 6.07 Å². The number of pyridine rings is 1. The van der Waals surface area contributed by atoms with E-state index in [0.29, 0.717) is 29.2 Å². The van der Waals surface area contributed by atoms with Gasteiger partial charge in [-0.25, -0.2) is 9.67 Å². The first-order valence-electron chi connectivity index (χ1n) is 10.1. The Balaban J connectivity index is 1.19. The van der Waals surface area contributed by atoms with Gasteiger partial charge in [-0.05, 0) is 54.5 Å². The molecule has 158 valence electrons. The second-order valence-corrected chi connectivity index (χ2v) is 8.71. The van der Waals surface area contributed by atoms with Gasteiger partial charge < -0.3 is 14.5 Å². The number of rotatable bonds is 8. The number of nitrogens with one attached hydrogen (secondary N) is 1. The van der Waals surface area contributed by atoms with Gasteiger partial charge in [0.2, 0.25) is 11.1 Å². The molecule has 3 heterocycles. The first kappa shape index (κ1) is 19.6. The Hall–Kier alpha value is -3.40. The summed E-state index contributed by atoms with van der Waals surface area (Å²) >= 11 is 1.36. The predicted molar refractivity (Wildman–Crippen MR) is 116 cm³/mol. The van der Waals surface area contributed by atoms with Gasteiger partial charge in [0, 0.05) is 24.1 Å². The molecule has 1 fully saturated rings. The molecule has 1 aliphatic rings. The highest BCUT2D eigenvalue weighted by atomic mass is 32.2. The number of benzene rings is 1. The van der Waals surface area contributed by atoms with Gasteiger partial charge in [-0.1, -0.05) is 23.9 Å². The Morgan fingerprint density at radius 2 is 2.19 bits per heavy atom. The molecule has 9 nitrogen and oxygen atoms in total. The highest BCUT2D eigenvalue weighted by Gasteiger charge is 2.29. The fourth-order valence-electron chi connectivity index (χ4n) is 3.14. The second kappa shape index (κ2) is 8.38. The van der Waals surface area contributed by atoms with Crippen LogP contribution in [0.3, 0.4) is 0 Å². The molecule has 0 bridgehead atoms. The molecular weight excluding hydrogens is 414 g/mol. The summed E-state index contributed by atoms with van der Waals surface area (Å²) in [6.45, 7) is 2.19. The fourth-order valence-corrected chi connectivity index (χ4v) is 4.00. The van der Waals surface area contributed by atoms with Gasteiger partial charge in [0.25, 0.3) is 0 Å². The normalized spacial score (nSPS) is 14.5. The van der Waals surface area contributed by atoms with Crippen LogP contribution < -0.4 is 10.1 Å². The summed E-state index contributed by atoms with van der Waals surface area (Å²) in [5.74, 6) is 0.542. The summed E-state index contributed by atoms with van der Waals surface area (Å²) < 4.78 is 9.64. The minimum Gasteiger partial charge on any atom is -0.487 e. The van der Waals surface area contributed by atoms with Crippen molar-refractivity contribution >= 4 is 29.0 Å². The molecule has 5 rings (SSSR count). The van der Waals surface area contributed by atoms with E-state index in [1.165, 1.54) is 11.8 Å². The molecule has 1 aromatic carbocycles. The number of tetrazole rings is 1. The summed E-state index contributed by atoms with van der Waals surface area (Å²) in [5, 5.41) is 15.1. The van der Waals surface area contributed by atoms with E-state index in [4.69, 9.17) is 4.74 Å². The third-order valence-corrected chi connectivity index (χ3v) is 5.96. The minimum absolute atomic E-state index is 0.118. The SMILES string of the molecule is CC(Sc1nnnn1C1CC1)C(=O)Nc1cccc(OCc2cn3ccccc3n2)c1. The maximum Gasteiger partial charge on any atom is 0.237 e. The minimum atomic E-state index is -0.342. The number of carbonyl (C=O) groups excluding carboxylic acids is 1. The van der Waals surface area contributed by atoms with Crippen LogP contribution in [0.25, 0.3) is 5.65 Å². The third-order valence-electron chi connectivity index (χ3n) is 4.91. The van der Waals surface area contributed by atoms with Crippen molar-refractivity contribution in [3.8, 4) is 5.75 Å². The van der Waals surface area contributed by atoms with Crippen molar-refractivity contribution in [2.75, 3.05) is 5.32 Å². The van der Waals surface area contributed by atoms with Crippen LogP contribution >= 0.6 is 11.8 Å². The van der Waals surface area contributed by atoms with Crippen LogP contribution in [0.4, 0.5) is 5.69 Å². The van der Waals surface area contributed by atoms with Crippen molar-refractivity contribution in [1.82, 2.24) is 29.6 Å². The Morgan fingerprint density at radius 3 is 3.03 bits per heavy atom. The fraction of sp³-hybridized carbons (Fsp3) is 0.286. The number of aromatic nitrogens is 6. The van der Waals surface area contributed by atoms with Gasteiger partial charge in [-0.2, -0.15) is 0 Å². The Kier molecular flexibility index (Phi) is 5.29. The van der Waals surface area contributed by atoms with Crippen LogP contribution in [0.15, 0.2) is 60.0 Å². The molecule has 0 aliphatic heterocycles. The number of nitrogens with zero attached hydrogens (tertiary/aromatic N) is 6. The molecule has 4 aromatic rings. The third kappa shape index (κ3) is 4.53. The predicted octanol–water partition coefficient (Wildman–Crippen LogP) is 3.35. The second-order valence-electron chi connectivity index (χ2n) is 7.40. The van der Waals surface area contributed by atoms with Crippen LogP contribution in [-0.2, 0) is 11.4 Å². The molecule has 0 radical (unpaired) electrons. The first-order chi connectivity index (χ1) is 15.2. The number of amides is 1. The van der Waals surface area contributed by atoms with E-state index in [2.05, 4.69) is 25.8 Å². The van der Waals surface area contributed by atoms with E-state index >= 15 is 0 Å². The number of hydrogen-bond donors (Lipinski definition) is 1. The summed E-state index contributed by atoms with van der Waals surface area (Å²) in [6.07, 6.45) is 6.06. The number of hydrogen-bond acceptors (Lipinski definition) is 7. The summed E-state index contributed by atoms with van der Waals surface area (Å²) in [7, 11) is 0. The number of carbonyl (C=O) groups is 1. The number of thioether (sulfide) groups is 1. The molecule has 3 aromatic heterocycles. The van der Waals surface area contributed by atoms with Crippen molar-refractivity contribution in [1.29, 1.82) is 0 Å². The Morgan fingerprint density at radius 1 is 1.29 bits per heavy atom. The maximum atomic E-state index is 12.7. The van der Waals surface area contributed by atoms with Crippen LogP contribution in [0.2, 0.25) is 0 Å². The van der Waals surface area contributed by atoms with Gasteiger partial charge in [0.1, 0.15) is 18.0 Å². The lowest BCUT2D eigenvalue weighted by Gasteiger charge is -2.12. The van der Waals surface area contributed by atoms with Crippen LogP contribution in [-0.4, -0.2) is 40.7 Å². The molecule has 1 atom stereocenters. The zero-order chi connectivity index (χ0) is 21.2. The number of anilines is 1. The largest absolute Gasteiger partial charge is 0.487 e. The first-order valence-corrected chi connectivity index (χ1v) is 10.9. The van der Waals surface area contributed by atoms with Crippen molar-refractivity contribution in [2.45, 2.75) is 42.8 Å². The number of ether oxygens (including phenoxy) is 1. The molecule has 10 heteroatoms. The van der Waals surface area contributed by atoms with E-state index in [-0.39, 0.29) is 11.2 Å². The van der Waals surface area contributed by atoms with Crippen LogP contribution in [0.5, 0.6) is 5.75 Å². The molecule has 1 aliphatic carbocycles. The van der Waals surface area contributed by atoms with Gasteiger partial charge in [0.05, 0.1) is 17.0 Å². The standard InChI is InChI=1S/C21H21N7O2S/c1-14(31-21-24-25-26-28(21)17-8-9-17)20(29)23-15-5-4-6-18(11-15)30-13-16-12-27-10-3-2-7-19(27)22-16/h2-7,10-12,14,17H,8-9,13H2,1H3,(H,23,29). The average molecular weight is 436 g/mol. The molecule has 0 spiro atoms. The number of imidazole rings is 1. The molecule has 31 heavy (non-hydrogen) atoms. The van der Waals surface area contributed by atoms with Crippen molar-refractivity contribution in [3.63, 3.8) is 0 Å². The maximum absolute atomic E-state index is 12.7. The number of fused-ring (bicyclic) bond motifs is 1.